The average Bonchev–Trinajstić information content (AvgIpc) is 2.17. The second kappa shape index (κ2) is 2.80. The molecule has 1 rings (SSSR count). The Hall–Kier alpha value is -0.610. The van der Waals surface area contributed by atoms with Gasteiger partial charge in [0.25, 0.3) is 0 Å². The third-order valence-electron chi connectivity index (χ3n) is 0.899. The van der Waals surface area contributed by atoms with E-state index in [2.05, 4.69) is 10.3 Å². The fraction of sp³-hybridized carbons (Fsp3) is 0.400. The molecule has 3 N–H and O–H groups in total. The maximum absolute atomic E-state index is 5.44. The molecule has 0 aromatic carbocycles. The molecule has 0 unspecified atom stereocenters. The van der Waals surface area contributed by atoms with Crippen LogP contribution in [0.2, 0.25) is 0 Å². The van der Waals surface area contributed by atoms with Gasteiger partial charge >= 0.3 is 0 Å². The molecule has 50 valence electrons. The minimum absolute atomic E-state index is 0.778. The summed E-state index contributed by atoms with van der Waals surface area (Å²) in [4.78, 5) is 4.04. The van der Waals surface area contributed by atoms with Gasteiger partial charge in [-0.3, -0.25) is 0 Å². The molecule has 0 aliphatic rings. The lowest BCUT2D eigenvalue weighted by Crippen LogP contribution is -2.03. The van der Waals surface area contributed by atoms with Gasteiger partial charge in [-0.15, -0.1) is 11.3 Å². The van der Waals surface area contributed by atoms with Crippen LogP contribution < -0.4 is 11.1 Å². The fourth-order valence-electron chi connectivity index (χ4n) is 0.557. The number of nitrogen functional groups attached to an aromatic ring is 1. The molecule has 0 radical (unpaired) electrons. The standard InChI is InChI=1S/C5H9N3S/c1-7-3-5-8-2-4(6)9-5/h2,7H,3,6H2,1H3. The summed E-state index contributed by atoms with van der Waals surface area (Å²) in [5.41, 5.74) is 5.44. The van der Waals surface area contributed by atoms with Crippen molar-refractivity contribution in [3.63, 3.8) is 0 Å². The van der Waals surface area contributed by atoms with E-state index in [0.717, 1.165) is 16.6 Å². The van der Waals surface area contributed by atoms with Gasteiger partial charge in [0.1, 0.15) is 10.0 Å². The molecule has 0 saturated heterocycles. The summed E-state index contributed by atoms with van der Waals surface area (Å²) in [6, 6.07) is 0. The molecule has 9 heavy (non-hydrogen) atoms. The topological polar surface area (TPSA) is 50.9 Å². The number of nitrogens with two attached hydrogens (primary N) is 1. The molecule has 4 heteroatoms. The number of hydrogen-bond acceptors (Lipinski definition) is 4. The Bertz CT molecular complexity index is 184. The zero-order valence-electron chi connectivity index (χ0n) is 5.22. The third-order valence-corrected chi connectivity index (χ3v) is 1.73. The summed E-state index contributed by atoms with van der Waals surface area (Å²) in [6.45, 7) is 0.807. The van der Waals surface area contributed by atoms with Gasteiger partial charge < -0.3 is 11.1 Å². The number of nitrogens with one attached hydrogen (secondary N) is 1. The van der Waals surface area contributed by atoms with Crippen LogP contribution in [-0.4, -0.2) is 12.0 Å². The van der Waals surface area contributed by atoms with Crippen LogP contribution >= 0.6 is 11.3 Å². The molecule has 0 saturated carbocycles. The monoisotopic (exact) mass is 143 g/mol. The highest BCUT2D eigenvalue weighted by atomic mass is 32.1. The van der Waals surface area contributed by atoms with Crippen LogP contribution in [0.1, 0.15) is 5.01 Å². The molecule has 0 aliphatic heterocycles. The number of hydrogen-bond donors (Lipinski definition) is 2. The van der Waals surface area contributed by atoms with Crippen molar-refractivity contribution in [1.29, 1.82) is 0 Å². The summed E-state index contributed by atoms with van der Waals surface area (Å²) in [7, 11) is 1.89. The van der Waals surface area contributed by atoms with Gasteiger partial charge in [0.15, 0.2) is 0 Å². The van der Waals surface area contributed by atoms with E-state index in [1.54, 1.807) is 6.20 Å². The second-order valence-corrected chi connectivity index (χ2v) is 2.83. The Morgan fingerprint density at radius 2 is 2.67 bits per heavy atom. The van der Waals surface area contributed by atoms with Crippen molar-refractivity contribution in [2.75, 3.05) is 12.8 Å². The van der Waals surface area contributed by atoms with Crippen LogP contribution in [0.3, 0.4) is 0 Å². The van der Waals surface area contributed by atoms with E-state index in [1.807, 2.05) is 7.05 Å². The van der Waals surface area contributed by atoms with E-state index in [0.29, 0.717) is 0 Å². The summed E-state index contributed by atoms with van der Waals surface area (Å²) in [6.07, 6.45) is 1.68. The van der Waals surface area contributed by atoms with E-state index < -0.39 is 0 Å². The van der Waals surface area contributed by atoms with Gasteiger partial charge in [0, 0.05) is 6.54 Å². The maximum Gasteiger partial charge on any atom is 0.108 e. The Morgan fingerprint density at radius 3 is 3.11 bits per heavy atom. The van der Waals surface area contributed by atoms with E-state index in [9.17, 15) is 0 Å². The predicted octanol–water partition coefficient (Wildman–Crippen LogP) is 0.445. The van der Waals surface area contributed by atoms with Crippen LogP contribution in [0.25, 0.3) is 0 Å². The molecule has 1 aromatic heterocycles. The van der Waals surface area contributed by atoms with Gasteiger partial charge in [-0.25, -0.2) is 4.98 Å². The second-order valence-electron chi connectivity index (χ2n) is 1.69. The van der Waals surface area contributed by atoms with Crippen molar-refractivity contribution in [2.24, 2.45) is 0 Å². The Balaban J connectivity index is 2.61. The zero-order chi connectivity index (χ0) is 6.69. The predicted molar refractivity (Wildman–Crippen MR) is 39.3 cm³/mol. The van der Waals surface area contributed by atoms with Crippen molar-refractivity contribution in [3.05, 3.63) is 11.2 Å². The fourth-order valence-corrected chi connectivity index (χ4v) is 1.26. The van der Waals surface area contributed by atoms with Gasteiger partial charge in [0.05, 0.1) is 6.20 Å². The van der Waals surface area contributed by atoms with Gasteiger partial charge in [0.2, 0.25) is 0 Å². The highest BCUT2D eigenvalue weighted by Gasteiger charge is 1.94. The largest absolute Gasteiger partial charge is 0.389 e. The molecule has 0 spiro atoms. The highest BCUT2D eigenvalue weighted by molar-refractivity contribution is 7.15. The van der Waals surface area contributed by atoms with E-state index in [1.165, 1.54) is 11.3 Å². The van der Waals surface area contributed by atoms with Crippen LogP contribution in [0, 0.1) is 0 Å². The summed E-state index contributed by atoms with van der Waals surface area (Å²) in [5, 5.41) is 4.80. The van der Waals surface area contributed by atoms with Crippen molar-refractivity contribution < 1.29 is 0 Å². The molecule has 0 fully saturated rings. The maximum atomic E-state index is 5.44. The van der Waals surface area contributed by atoms with Crippen molar-refractivity contribution in [2.45, 2.75) is 6.54 Å². The van der Waals surface area contributed by atoms with Crippen LogP contribution in [-0.2, 0) is 6.54 Å². The number of aromatic nitrogens is 1. The quantitative estimate of drug-likeness (QED) is 0.631. The minimum Gasteiger partial charge on any atom is -0.389 e. The summed E-state index contributed by atoms with van der Waals surface area (Å²) >= 11 is 1.52. The third kappa shape index (κ3) is 1.65. The molecule has 0 aliphatic carbocycles. The zero-order valence-corrected chi connectivity index (χ0v) is 6.03. The molecule has 0 atom stereocenters. The first-order valence-electron chi connectivity index (χ1n) is 2.67. The molecular weight excluding hydrogens is 134 g/mol. The molecular formula is C5H9N3S. The van der Waals surface area contributed by atoms with Crippen molar-refractivity contribution >= 4 is 16.3 Å². The Kier molecular flexibility index (Phi) is 2.02. The van der Waals surface area contributed by atoms with E-state index in [4.69, 9.17) is 5.73 Å². The number of anilines is 1. The smallest absolute Gasteiger partial charge is 0.108 e. The molecule has 1 aromatic rings. The first-order valence-corrected chi connectivity index (χ1v) is 3.49. The molecule has 1 heterocycles. The van der Waals surface area contributed by atoms with Crippen LogP contribution in [0.4, 0.5) is 5.00 Å². The molecule has 3 nitrogen and oxygen atoms in total. The average molecular weight is 143 g/mol. The van der Waals surface area contributed by atoms with Gasteiger partial charge in [-0.2, -0.15) is 0 Å². The van der Waals surface area contributed by atoms with Crippen LogP contribution in [0.5, 0.6) is 0 Å². The minimum atomic E-state index is 0.778. The Morgan fingerprint density at radius 1 is 1.89 bits per heavy atom. The van der Waals surface area contributed by atoms with Gasteiger partial charge in [-0.05, 0) is 7.05 Å². The lowest BCUT2D eigenvalue weighted by atomic mass is 10.7. The summed E-state index contributed by atoms with van der Waals surface area (Å²) in [5.74, 6) is 0. The number of rotatable bonds is 2. The highest BCUT2D eigenvalue weighted by Crippen LogP contribution is 2.13. The SMILES string of the molecule is CNCc1ncc(N)s1. The van der Waals surface area contributed by atoms with Crippen molar-refractivity contribution in [3.8, 4) is 0 Å². The molecule has 0 bridgehead atoms. The number of nitrogens with zero attached hydrogens (tertiary/aromatic N) is 1. The van der Waals surface area contributed by atoms with E-state index >= 15 is 0 Å². The van der Waals surface area contributed by atoms with Crippen molar-refractivity contribution in [1.82, 2.24) is 10.3 Å². The Labute approximate surface area is 57.9 Å². The van der Waals surface area contributed by atoms with Gasteiger partial charge in [-0.1, -0.05) is 0 Å². The summed E-state index contributed by atoms with van der Waals surface area (Å²) < 4.78 is 0. The van der Waals surface area contributed by atoms with E-state index in [-0.39, 0.29) is 0 Å². The molecule has 0 amide bonds. The number of thiazole rings is 1. The first kappa shape index (κ1) is 6.51. The first-order chi connectivity index (χ1) is 4.33. The lowest BCUT2D eigenvalue weighted by molar-refractivity contribution is 0.810. The van der Waals surface area contributed by atoms with Crippen LogP contribution in [0.15, 0.2) is 6.20 Å². The normalized spacial score (nSPS) is 9.89. The lowest BCUT2D eigenvalue weighted by Gasteiger charge is -1.88.